The normalized spacial score (nSPS) is 19.4. The van der Waals surface area contributed by atoms with Crippen molar-refractivity contribution < 1.29 is 10.2 Å². The molecule has 3 nitrogen and oxygen atoms in total. The summed E-state index contributed by atoms with van der Waals surface area (Å²) in [5.74, 6) is 0.0885. The molecule has 0 heterocycles. The molecule has 0 bridgehead atoms. The predicted molar refractivity (Wildman–Crippen MR) is 68.5 cm³/mol. The molecule has 94 valence electrons. The molecule has 1 aromatic rings. The number of fused-ring (bicyclic) bond motifs is 1. The van der Waals surface area contributed by atoms with Crippen LogP contribution in [0.5, 0.6) is 11.5 Å². The molecule has 0 aromatic heterocycles. The lowest BCUT2D eigenvalue weighted by Gasteiger charge is -2.34. The van der Waals surface area contributed by atoms with Crippen molar-refractivity contribution in [2.45, 2.75) is 39.2 Å². The van der Waals surface area contributed by atoms with Gasteiger partial charge in [0.15, 0.2) is 11.5 Å². The fraction of sp³-hybridized carbons (Fsp3) is 0.571. The van der Waals surface area contributed by atoms with Gasteiger partial charge in [-0.05, 0) is 44.0 Å². The molecule has 0 radical (unpaired) electrons. The SMILES string of the molecule is CCN(CC)C1CCc2c(ccc(O)c2O)C1. The zero-order valence-electron chi connectivity index (χ0n) is 10.6. The van der Waals surface area contributed by atoms with Crippen LogP contribution < -0.4 is 0 Å². The molecule has 0 fully saturated rings. The van der Waals surface area contributed by atoms with Gasteiger partial charge in [-0.3, -0.25) is 0 Å². The Hall–Kier alpha value is -1.22. The van der Waals surface area contributed by atoms with Crippen molar-refractivity contribution >= 4 is 0 Å². The van der Waals surface area contributed by atoms with E-state index in [1.54, 1.807) is 6.07 Å². The standard InChI is InChI=1S/C14H21NO2/c1-3-15(4-2)11-6-7-12-10(9-11)5-8-13(16)14(12)17/h5,8,11,16-17H,3-4,6-7,9H2,1-2H3. The van der Waals surface area contributed by atoms with E-state index in [1.807, 2.05) is 6.07 Å². The van der Waals surface area contributed by atoms with E-state index in [0.717, 1.165) is 37.9 Å². The summed E-state index contributed by atoms with van der Waals surface area (Å²) in [4.78, 5) is 2.47. The third kappa shape index (κ3) is 2.25. The first-order chi connectivity index (χ1) is 8.17. The Morgan fingerprint density at radius 3 is 2.59 bits per heavy atom. The number of hydrogen-bond donors (Lipinski definition) is 2. The van der Waals surface area contributed by atoms with E-state index in [1.165, 1.54) is 5.56 Å². The molecule has 0 aliphatic heterocycles. The molecule has 2 N–H and O–H groups in total. The van der Waals surface area contributed by atoms with Crippen LogP contribution in [-0.2, 0) is 12.8 Å². The van der Waals surface area contributed by atoms with Gasteiger partial charge in [0.1, 0.15) is 0 Å². The molecule has 1 atom stereocenters. The number of likely N-dealkylation sites (N-methyl/N-ethyl adjacent to an activating group) is 1. The van der Waals surface area contributed by atoms with E-state index in [2.05, 4.69) is 18.7 Å². The Labute approximate surface area is 103 Å². The summed E-state index contributed by atoms with van der Waals surface area (Å²) in [5, 5.41) is 19.3. The van der Waals surface area contributed by atoms with Crippen molar-refractivity contribution in [3.8, 4) is 11.5 Å². The average Bonchev–Trinajstić information content (AvgIpc) is 2.35. The van der Waals surface area contributed by atoms with Gasteiger partial charge in [0.05, 0.1) is 0 Å². The molecule has 0 amide bonds. The Morgan fingerprint density at radius 1 is 1.24 bits per heavy atom. The van der Waals surface area contributed by atoms with Gasteiger partial charge in [0.25, 0.3) is 0 Å². The fourth-order valence-corrected chi connectivity index (χ4v) is 2.85. The zero-order valence-corrected chi connectivity index (χ0v) is 10.6. The lowest BCUT2D eigenvalue weighted by molar-refractivity contribution is 0.198. The Balaban J connectivity index is 2.22. The Bertz CT molecular complexity index is 399. The number of benzene rings is 1. The van der Waals surface area contributed by atoms with Crippen LogP contribution in [0.4, 0.5) is 0 Å². The van der Waals surface area contributed by atoms with Gasteiger partial charge in [-0.2, -0.15) is 0 Å². The molecule has 2 rings (SSSR count). The minimum absolute atomic E-state index is 0.00467. The molecule has 3 heteroatoms. The first kappa shape index (κ1) is 12.2. The molecule has 17 heavy (non-hydrogen) atoms. The van der Waals surface area contributed by atoms with Crippen LogP contribution in [0.25, 0.3) is 0 Å². The smallest absolute Gasteiger partial charge is 0.160 e. The van der Waals surface area contributed by atoms with Gasteiger partial charge < -0.3 is 15.1 Å². The molecular weight excluding hydrogens is 214 g/mol. The average molecular weight is 235 g/mol. The van der Waals surface area contributed by atoms with Gasteiger partial charge in [0, 0.05) is 11.6 Å². The highest BCUT2D eigenvalue weighted by atomic mass is 16.3. The van der Waals surface area contributed by atoms with Crippen LogP contribution in [0, 0.1) is 0 Å². The maximum absolute atomic E-state index is 9.82. The Morgan fingerprint density at radius 2 is 1.94 bits per heavy atom. The first-order valence-corrected chi connectivity index (χ1v) is 6.44. The van der Waals surface area contributed by atoms with Gasteiger partial charge in [-0.1, -0.05) is 19.9 Å². The molecule has 1 aliphatic rings. The van der Waals surface area contributed by atoms with E-state index in [9.17, 15) is 10.2 Å². The number of phenolic OH excluding ortho intramolecular Hbond substituents is 2. The molecule has 1 aliphatic carbocycles. The van der Waals surface area contributed by atoms with Crippen LogP contribution in [0.3, 0.4) is 0 Å². The quantitative estimate of drug-likeness (QED) is 0.790. The van der Waals surface area contributed by atoms with E-state index in [0.29, 0.717) is 6.04 Å². The number of phenols is 2. The number of nitrogens with zero attached hydrogens (tertiary/aromatic N) is 1. The van der Waals surface area contributed by atoms with Gasteiger partial charge in [-0.25, -0.2) is 0 Å². The second-order valence-electron chi connectivity index (χ2n) is 4.69. The summed E-state index contributed by atoms with van der Waals surface area (Å²) in [6.45, 7) is 6.52. The van der Waals surface area contributed by atoms with E-state index < -0.39 is 0 Å². The highest BCUT2D eigenvalue weighted by molar-refractivity contribution is 5.50. The van der Waals surface area contributed by atoms with E-state index >= 15 is 0 Å². The van der Waals surface area contributed by atoms with Crippen molar-refractivity contribution in [3.63, 3.8) is 0 Å². The summed E-state index contributed by atoms with van der Waals surface area (Å²) in [6, 6.07) is 4.11. The second-order valence-corrected chi connectivity index (χ2v) is 4.69. The maximum atomic E-state index is 9.82. The molecule has 1 aromatic carbocycles. The predicted octanol–water partition coefficient (Wildman–Crippen LogP) is 2.30. The van der Waals surface area contributed by atoms with Crippen molar-refractivity contribution in [1.29, 1.82) is 0 Å². The summed E-state index contributed by atoms with van der Waals surface area (Å²) in [6.07, 6.45) is 2.90. The number of hydrogen-bond acceptors (Lipinski definition) is 3. The fourth-order valence-electron chi connectivity index (χ4n) is 2.85. The van der Waals surface area contributed by atoms with Crippen LogP contribution in [0.1, 0.15) is 31.4 Å². The van der Waals surface area contributed by atoms with Gasteiger partial charge in [-0.15, -0.1) is 0 Å². The van der Waals surface area contributed by atoms with Crippen LogP contribution in [0.2, 0.25) is 0 Å². The molecule has 0 saturated heterocycles. The lowest BCUT2D eigenvalue weighted by atomic mass is 9.86. The second kappa shape index (κ2) is 4.96. The largest absolute Gasteiger partial charge is 0.504 e. The zero-order chi connectivity index (χ0) is 12.4. The summed E-state index contributed by atoms with van der Waals surface area (Å²) < 4.78 is 0. The van der Waals surface area contributed by atoms with E-state index in [4.69, 9.17) is 0 Å². The van der Waals surface area contributed by atoms with Crippen molar-refractivity contribution in [2.75, 3.05) is 13.1 Å². The highest BCUT2D eigenvalue weighted by Crippen LogP contribution is 2.36. The molecular formula is C14H21NO2. The lowest BCUT2D eigenvalue weighted by Crippen LogP contribution is -2.39. The number of rotatable bonds is 3. The van der Waals surface area contributed by atoms with Gasteiger partial charge >= 0.3 is 0 Å². The maximum Gasteiger partial charge on any atom is 0.160 e. The van der Waals surface area contributed by atoms with Crippen molar-refractivity contribution in [1.82, 2.24) is 4.90 Å². The van der Waals surface area contributed by atoms with Gasteiger partial charge in [0.2, 0.25) is 0 Å². The summed E-state index contributed by atoms with van der Waals surface area (Å²) in [7, 11) is 0. The summed E-state index contributed by atoms with van der Waals surface area (Å²) in [5.41, 5.74) is 2.12. The first-order valence-electron chi connectivity index (χ1n) is 6.44. The monoisotopic (exact) mass is 235 g/mol. The number of aromatic hydroxyl groups is 2. The summed E-state index contributed by atoms with van der Waals surface area (Å²) >= 11 is 0. The third-order valence-corrected chi connectivity index (χ3v) is 3.87. The van der Waals surface area contributed by atoms with Crippen LogP contribution in [-0.4, -0.2) is 34.2 Å². The Kier molecular flexibility index (Phi) is 3.57. The molecule has 1 unspecified atom stereocenters. The molecule has 0 spiro atoms. The van der Waals surface area contributed by atoms with Crippen LogP contribution >= 0.6 is 0 Å². The van der Waals surface area contributed by atoms with Crippen molar-refractivity contribution in [2.24, 2.45) is 0 Å². The molecule has 0 saturated carbocycles. The van der Waals surface area contributed by atoms with Crippen molar-refractivity contribution in [3.05, 3.63) is 23.3 Å². The van der Waals surface area contributed by atoms with E-state index in [-0.39, 0.29) is 11.5 Å². The minimum atomic E-state index is 0.00467. The van der Waals surface area contributed by atoms with Crippen LogP contribution in [0.15, 0.2) is 12.1 Å². The topological polar surface area (TPSA) is 43.7 Å². The highest BCUT2D eigenvalue weighted by Gasteiger charge is 2.25. The minimum Gasteiger partial charge on any atom is -0.504 e. The third-order valence-electron chi connectivity index (χ3n) is 3.87.